The Kier molecular flexibility index (Phi) is 2.89. The van der Waals surface area contributed by atoms with Crippen LogP contribution in [0.15, 0.2) is 17.6 Å². The average molecular weight is 280 g/mol. The molecule has 3 aromatic heterocycles. The molecule has 0 spiro atoms. The number of hydrogen-bond donors (Lipinski definition) is 2. The molecular weight excluding hydrogens is 270 g/mol. The maximum absolute atomic E-state index is 5.87. The van der Waals surface area contributed by atoms with Crippen molar-refractivity contribution in [3.8, 4) is 0 Å². The quantitative estimate of drug-likeness (QED) is 0.723. The molecule has 0 saturated carbocycles. The summed E-state index contributed by atoms with van der Waals surface area (Å²) in [6.45, 7) is 2.61. The summed E-state index contributed by atoms with van der Waals surface area (Å²) in [6, 6.07) is 1.92. The molecular formula is C11H10ClN5S. The van der Waals surface area contributed by atoms with E-state index in [9.17, 15) is 0 Å². The van der Waals surface area contributed by atoms with E-state index in [0.717, 1.165) is 27.6 Å². The Morgan fingerprint density at radius 2 is 2.28 bits per heavy atom. The number of halogens is 1. The van der Waals surface area contributed by atoms with Crippen LogP contribution in [-0.4, -0.2) is 19.9 Å². The van der Waals surface area contributed by atoms with Gasteiger partial charge in [0.15, 0.2) is 0 Å². The molecule has 2 N–H and O–H groups in total. The average Bonchev–Trinajstić information content (AvgIpc) is 2.94. The van der Waals surface area contributed by atoms with Crippen LogP contribution >= 0.6 is 22.9 Å². The number of H-pyrrole nitrogens is 1. The van der Waals surface area contributed by atoms with Crippen molar-refractivity contribution in [2.24, 2.45) is 0 Å². The Labute approximate surface area is 112 Å². The van der Waals surface area contributed by atoms with Gasteiger partial charge in [0.2, 0.25) is 5.28 Å². The zero-order valence-corrected chi connectivity index (χ0v) is 11.1. The lowest BCUT2D eigenvalue weighted by Crippen LogP contribution is -2.03. The number of aryl methyl sites for hydroxylation is 1. The smallest absolute Gasteiger partial charge is 0.226 e. The summed E-state index contributed by atoms with van der Waals surface area (Å²) in [4.78, 5) is 15.7. The fraction of sp³-hybridized carbons (Fsp3) is 0.182. The maximum Gasteiger partial charge on any atom is 0.226 e. The number of rotatable bonds is 3. The van der Waals surface area contributed by atoms with Crippen LogP contribution in [0.1, 0.15) is 10.7 Å². The summed E-state index contributed by atoms with van der Waals surface area (Å²) in [7, 11) is 0. The third-order valence-electron chi connectivity index (χ3n) is 2.49. The predicted molar refractivity (Wildman–Crippen MR) is 73.1 cm³/mol. The molecule has 0 unspecified atom stereocenters. The molecule has 5 nitrogen and oxygen atoms in total. The van der Waals surface area contributed by atoms with Crippen LogP contribution in [0.4, 0.5) is 5.82 Å². The second kappa shape index (κ2) is 4.55. The minimum atomic E-state index is 0.224. The van der Waals surface area contributed by atoms with Gasteiger partial charge in [0.1, 0.15) is 11.5 Å². The molecule has 0 aromatic carbocycles. The van der Waals surface area contributed by atoms with Gasteiger partial charge in [-0.2, -0.15) is 4.98 Å². The van der Waals surface area contributed by atoms with E-state index in [1.54, 1.807) is 11.3 Å². The second-order valence-electron chi connectivity index (χ2n) is 3.79. The van der Waals surface area contributed by atoms with Crippen LogP contribution in [0.2, 0.25) is 5.28 Å². The number of aromatic amines is 1. The fourth-order valence-electron chi connectivity index (χ4n) is 1.71. The maximum atomic E-state index is 5.87. The number of nitrogens with one attached hydrogen (secondary N) is 2. The first-order valence-electron chi connectivity index (χ1n) is 5.38. The zero-order chi connectivity index (χ0) is 12.5. The third-order valence-corrected chi connectivity index (χ3v) is 3.48. The lowest BCUT2D eigenvalue weighted by Gasteiger charge is -2.05. The van der Waals surface area contributed by atoms with Crippen LogP contribution < -0.4 is 5.32 Å². The molecule has 3 rings (SSSR count). The van der Waals surface area contributed by atoms with Crippen molar-refractivity contribution in [2.45, 2.75) is 13.5 Å². The Morgan fingerprint density at radius 3 is 3.06 bits per heavy atom. The van der Waals surface area contributed by atoms with Gasteiger partial charge >= 0.3 is 0 Å². The van der Waals surface area contributed by atoms with Crippen molar-refractivity contribution in [2.75, 3.05) is 5.32 Å². The summed E-state index contributed by atoms with van der Waals surface area (Å²) in [5.74, 6) is 0.719. The lowest BCUT2D eigenvalue weighted by molar-refractivity contribution is 1.04. The Balaban J connectivity index is 1.87. The van der Waals surface area contributed by atoms with Gasteiger partial charge in [0.05, 0.1) is 22.6 Å². The summed E-state index contributed by atoms with van der Waals surface area (Å²) in [6.07, 6.45) is 1.81. The number of thiazole rings is 1. The Morgan fingerprint density at radius 1 is 1.39 bits per heavy atom. The molecule has 0 amide bonds. The Hall–Kier alpha value is -1.66. The molecule has 0 aliphatic rings. The molecule has 18 heavy (non-hydrogen) atoms. The number of aromatic nitrogens is 4. The minimum absolute atomic E-state index is 0.224. The highest BCUT2D eigenvalue weighted by Crippen LogP contribution is 2.21. The first-order valence-corrected chi connectivity index (χ1v) is 6.63. The molecule has 7 heteroatoms. The molecule has 0 radical (unpaired) electrons. The summed E-state index contributed by atoms with van der Waals surface area (Å²) in [5.41, 5.74) is 1.72. The molecule has 0 aliphatic carbocycles. The van der Waals surface area contributed by atoms with Crippen molar-refractivity contribution in [1.82, 2.24) is 19.9 Å². The number of fused-ring (bicyclic) bond motifs is 1. The van der Waals surface area contributed by atoms with Crippen LogP contribution in [0, 0.1) is 6.92 Å². The summed E-state index contributed by atoms with van der Waals surface area (Å²) in [5, 5.41) is 7.46. The van der Waals surface area contributed by atoms with Gasteiger partial charge in [0, 0.05) is 11.6 Å². The van der Waals surface area contributed by atoms with Gasteiger partial charge < -0.3 is 10.3 Å². The number of hydrogen-bond acceptors (Lipinski definition) is 5. The van der Waals surface area contributed by atoms with Crippen molar-refractivity contribution < 1.29 is 0 Å². The van der Waals surface area contributed by atoms with Crippen molar-refractivity contribution in [1.29, 1.82) is 0 Å². The topological polar surface area (TPSA) is 66.5 Å². The van der Waals surface area contributed by atoms with E-state index < -0.39 is 0 Å². The van der Waals surface area contributed by atoms with Gasteiger partial charge in [-0.1, -0.05) is 0 Å². The van der Waals surface area contributed by atoms with E-state index in [1.165, 1.54) is 0 Å². The SMILES string of the molecule is Cc1nc(CNc2nc(Cl)nc3[nH]ccc23)cs1. The van der Waals surface area contributed by atoms with Crippen LogP contribution in [-0.2, 0) is 6.54 Å². The molecule has 0 aliphatic heterocycles. The predicted octanol–water partition coefficient (Wildman–Crippen LogP) is 2.99. The van der Waals surface area contributed by atoms with E-state index in [0.29, 0.717) is 6.54 Å². The van der Waals surface area contributed by atoms with Gasteiger partial charge in [-0.15, -0.1) is 11.3 Å². The minimum Gasteiger partial charge on any atom is -0.364 e. The highest BCUT2D eigenvalue weighted by atomic mass is 35.5. The van der Waals surface area contributed by atoms with Crippen LogP contribution in [0.25, 0.3) is 11.0 Å². The molecule has 0 saturated heterocycles. The van der Waals surface area contributed by atoms with Gasteiger partial charge in [-0.3, -0.25) is 0 Å². The monoisotopic (exact) mass is 279 g/mol. The molecule has 3 aromatic rings. The summed E-state index contributed by atoms with van der Waals surface area (Å²) >= 11 is 7.50. The van der Waals surface area contributed by atoms with E-state index >= 15 is 0 Å². The highest BCUT2D eigenvalue weighted by molar-refractivity contribution is 7.09. The molecule has 0 atom stereocenters. The van der Waals surface area contributed by atoms with Gasteiger partial charge in [-0.25, -0.2) is 9.97 Å². The molecule has 92 valence electrons. The highest BCUT2D eigenvalue weighted by Gasteiger charge is 2.07. The molecule has 0 bridgehead atoms. The summed E-state index contributed by atoms with van der Waals surface area (Å²) < 4.78 is 0. The largest absolute Gasteiger partial charge is 0.364 e. The lowest BCUT2D eigenvalue weighted by atomic mass is 10.3. The van der Waals surface area contributed by atoms with E-state index in [2.05, 4.69) is 25.3 Å². The van der Waals surface area contributed by atoms with Crippen LogP contribution in [0.5, 0.6) is 0 Å². The first kappa shape index (κ1) is 11.4. The van der Waals surface area contributed by atoms with E-state index in [1.807, 2.05) is 24.6 Å². The zero-order valence-electron chi connectivity index (χ0n) is 9.57. The third kappa shape index (κ3) is 2.16. The van der Waals surface area contributed by atoms with E-state index in [-0.39, 0.29) is 5.28 Å². The van der Waals surface area contributed by atoms with Crippen LogP contribution in [0.3, 0.4) is 0 Å². The number of nitrogens with zero attached hydrogens (tertiary/aromatic N) is 3. The normalized spacial score (nSPS) is 11.0. The molecule has 3 heterocycles. The van der Waals surface area contributed by atoms with Crippen molar-refractivity contribution >= 4 is 39.8 Å². The van der Waals surface area contributed by atoms with Gasteiger partial charge in [0.25, 0.3) is 0 Å². The van der Waals surface area contributed by atoms with Gasteiger partial charge in [-0.05, 0) is 24.6 Å². The van der Waals surface area contributed by atoms with E-state index in [4.69, 9.17) is 11.6 Å². The number of anilines is 1. The fourth-order valence-corrected chi connectivity index (χ4v) is 2.49. The molecule has 0 fully saturated rings. The van der Waals surface area contributed by atoms with Crippen molar-refractivity contribution in [3.63, 3.8) is 0 Å². The standard InChI is InChI=1S/C11H10ClN5S/c1-6-15-7(5-18-6)4-14-10-8-2-3-13-9(8)16-11(12)17-10/h2-3,5H,4H2,1H3,(H2,13,14,16,17). The first-order chi connectivity index (χ1) is 8.72. The second-order valence-corrected chi connectivity index (χ2v) is 5.19. The Bertz CT molecular complexity index is 690. The van der Waals surface area contributed by atoms with Crippen molar-refractivity contribution in [3.05, 3.63) is 33.6 Å².